The van der Waals surface area contributed by atoms with E-state index in [2.05, 4.69) is 57.7 Å². The number of fused-ring (bicyclic) bond motifs is 1. The van der Waals surface area contributed by atoms with Crippen molar-refractivity contribution in [1.82, 2.24) is 20.4 Å². The Bertz CT molecular complexity index is 630. The molecular weight excluding hydrogens is 336 g/mol. The molecule has 0 unspecified atom stereocenters. The van der Waals surface area contributed by atoms with Crippen molar-refractivity contribution in [3.63, 3.8) is 0 Å². The second-order valence-electron chi connectivity index (χ2n) is 9.10. The maximum Gasteiger partial charge on any atom is 0.317 e. The zero-order valence-electron chi connectivity index (χ0n) is 16.6. The van der Waals surface area contributed by atoms with E-state index in [1.807, 2.05) is 0 Å². The van der Waals surface area contributed by atoms with Gasteiger partial charge in [0.2, 0.25) is 0 Å². The van der Waals surface area contributed by atoms with E-state index in [4.69, 9.17) is 0 Å². The highest BCUT2D eigenvalue weighted by atomic mass is 16.2. The van der Waals surface area contributed by atoms with Crippen molar-refractivity contribution in [2.24, 2.45) is 17.3 Å². The predicted octanol–water partition coefficient (Wildman–Crippen LogP) is 2.54. The molecule has 0 aromatic heterocycles. The monoisotopic (exact) mass is 370 g/mol. The van der Waals surface area contributed by atoms with Crippen LogP contribution in [0, 0.1) is 17.3 Å². The molecule has 0 aliphatic carbocycles. The highest BCUT2D eigenvalue weighted by Gasteiger charge is 2.50. The van der Waals surface area contributed by atoms with Crippen LogP contribution in [0.1, 0.15) is 31.7 Å². The predicted molar refractivity (Wildman–Crippen MR) is 108 cm³/mol. The summed E-state index contributed by atoms with van der Waals surface area (Å²) in [7, 11) is 0. The molecule has 2 amide bonds. The van der Waals surface area contributed by atoms with E-state index in [0.717, 1.165) is 64.7 Å². The zero-order valence-corrected chi connectivity index (χ0v) is 16.6. The van der Waals surface area contributed by atoms with E-state index < -0.39 is 0 Å². The number of hydrogen-bond acceptors (Lipinski definition) is 3. The number of amides is 2. The summed E-state index contributed by atoms with van der Waals surface area (Å²) in [4.78, 5) is 17.2. The van der Waals surface area contributed by atoms with Crippen LogP contribution >= 0.6 is 0 Å². The van der Waals surface area contributed by atoms with E-state index in [0.29, 0.717) is 5.92 Å². The van der Waals surface area contributed by atoms with Gasteiger partial charge in [0.25, 0.3) is 0 Å². The standard InChI is InChI=1S/C22H34N4O/c1-22-16-25(13-19-5-3-2-4-6-19)14-20(22)15-26(17-22)21(27)24-12-9-18-7-10-23-11-8-18/h2-6,18,20,23H,7-17H2,1H3,(H,24,27)/t20-,22+/m0/s1. The fraction of sp³-hybridized carbons (Fsp3) is 0.682. The smallest absolute Gasteiger partial charge is 0.317 e. The summed E-state index contributed by atoms with van der Waals surface area (Å²) in [5.41, 5.74) is 1.62. The molecule has 3 aliphatic rings. The quantitative estimate of drug-likeness (QED) is 0.837. The van der Waals surface area contributed by atoms with Gasteiger partial charge in [-0.3, -0.25) is 4.90 Å². The average molecular weight is 371 g/mol. The Kier molecular flexibility index (Phi) is 5.69. The van der Waals surface area contributed by atoms with Crippen LogP contribution in [0.5, 0.6) is 0 Å². The third kappa shape index (κ3) is 4.46. The molecule has 5 nitrogen and oxygen atoms in total. The molecule has 5 heteroatoms. The molecule has 3 fully saturated rings. The molecule has 0 bridgehead atoms. The van der Waals surface area contributed by atoms with E-state index in [1.165, 1.54) is 18.4 Å². The van der Waals surface area contributed by atoms with E-state index in [-0.39, 0.29) is 11.4 Å². The number of likely N-dealkylation sites (tertiary alicyclic amines) is 2. The summed E-state index contributed by atoms with van der Waals surface area (Å²) >= 11 is 0. The van der Waals surface area contributed by atoms with E-state index >= 15 is 0 Å². The van der Waals surface area contributed by atoms with Crippen LogP contribution in [-0.2, 0) is 6.54 Å². The number of rotatable bonds is 5. The number of piperidine rings is 1. The number of nitrogens with one attached hydrogen (secondary N) is 2. The molecule has 2 N–H and O–H groups in total. The van der Waals surface area contributed by atoms with Gasteiger partial charge in [0.15, 0.2) is 0 Å². The molecule has 0 saturated carbocycles. The molecule has 2 atom stereocenters. The van der Waals surface area contributed by atoms with Gasteiger partial charge in [-0.15, -0.1) is 0 Å². The van der Waals surface area contributed by atoms with Gasteiger partial charge in [0.1, 0.15) is 0 Å². The normalized spacial score (nSPS) is 29.1. The number of nitrogens with zero attached hydrogens (tertiary/aromatic N) is 2. The van der Waals surface area contributed by atoms with Crippen LogP contribution < -0.4 is 10.6 Å². The van der Waals surface area contributed by atoms with Crippen molar-refractivity contribution in [3.8, 4) is 0 Å². The molecule has 148 valence electrons. The van der Waals surface area contributed by atoms with Crippen molar-refractivity contribution in [2.75, 3.05) is 45.8 Å². The molecule has 1 aromatic rings. The maximum atomic E-state index is 12.6. The molecule has 0 radical (unpaired) electrons. The Hall–Kier alpha value is -1.59. The number of urea groups is 1. The topological polar surface area (TPSA) is 47.6 Å². The minimum atomic E-state index is 0.147. The molecule has 0 spiro atoms. The molecular formula is C22H34N4O. The Labute approximate surface area is 163 Å². The van der Waals surface area contributed by atoms with Crippen LogP contribution in [-0.4, -0.2) is 61.6 Å². The van der Waals surface area contributed by atoms with Crippen LogP contribution in [0.25, 0.3) is 0 Å². The van der Waals surface area contributed by atoms with Gasteiger partial charge >= 0.3 is 6.03 Å². The maximum absolute atomic E-state index is 12.6. The minimum Gasteiger partial charge on any atom is -0.338 e. The summed E-state index contributed by atoms with van der Waals surface area (Å²) in [6.45, 7) is 10.5. The van der Waals surface area contributed by atoms with Crippen molar-refractivity contribution < 1.29 is 4.79 Å². The first kappa shape index (κ1) is 18.8. The molecule has 27 heavy (non-hydrogen) atoms. The Morgan fingerprint density at radius 3 is 2.70 bits per heavy atom. The molecule has 4 rings (SSSR count). The summed E-state index contributed by atoms with van der Waals surface area (Å²) < 4.78 is 0. The molecule has 3 heterocycles. The van der Waals surface area contributed by atoms with Crippen molar-refractivity contribution >= 4 is 6.03 Å². The number of benzene rings is 1. The number of hydrogen-bond donors (Lipinski definition) is 2. The third-order valence-electron chi connectivity index (χ3n) is 6.87. The lowest BCUT2D eigenvalue weighted by atomic mass is 9.83. The van der Waals surface area contributed by atoms with Crippen LogP contribution in [0.2, 0.25) is 0 Å². The first-order chi connectivity index (χ1) is 13.1. The summed E-state index contributed by atoms with van der Waals surface area (Å²) in [5, 5.41) is 6.59. The second-order valence-corrected chi connectivity index (χ2v) is 9.10. The summed E-state index contributed by atoms with van der Waals surface area (Å²) in [6, 6.07) is 10.9. The number of carbonyl (C=O) groups is 1. The SMILES string of the molecule is C[C@]12CN(Cc3ccccc3)C[C@H]1CN(C(=O)NCCC1CCNCC1)C2. The largest absolute Gasteiger partial charge is 0.338 e. The lowest BCUT2D eigenvalue weighted by Crippen LogP contribution is -2.42. The highest BCUT2D eigenvalue weighted by Crippen LogP contribution is 2.42. The van der Waals surface area contributed by atoms with Gasteiger partial charge in [-0.05, 0) is 49.8 Å². The molecule has 3 aliphatic heterocycles. The van der Waals surface area contributed by atoms with Gasteiger partial charge in [-0.25, -0.2) is 4.79 Å². The second kappa shape index (κ2) is 8.19. The van der Waals surface area contributed by atoms with Crippen molar-refractivity contribution in [1.29, 1.82) is 0 Å². The van der Waals surface area contributed by atoms with Gasteiger partial charge in [-0.2, -0.15) is 0 Å². The molecule has 1 aromatic carbocycles. The van der Waals surface area contributed by atoms with Crippen molar-refractivity contribution in [2.45, 2.75) is 32.7 Å². The minimum absolute atomic E-state index is 0.147. The van der Waals surface area contributed by atoms with Gasteiger partial charge < -0.3 is 15.5 Å². The highest BCUT2D eigenvalue weighted by molar-refractivity contribution is 5.74. The van der Waals surface area contributed by atoms with Gasteiger partial charge in [0.05, 0.1) is 0 Å². The van der Waals surface area contributed by atoms with E-state index in [1.54, 1.807) is 0 Å². The average Bonchev–Trinajstić information content (AvgIpc) is 3.14. The van der Waals surface area contributed by atoms with Crippen LogP contribution in [0.3, 0.4) is 0 Å². The lowest BCUT2D eigenvalue weighted by molar-refractivity contribution is 0.190. The summed E-state index contributed by atoms with van der Waals surface area (Å²) in [6.07, 6.45) is 3.61. The first-order valence-corrected chi connectivity index (χ1v) is 10.6. The van der Waals surface area contributed by atoms with Crippen molar-refractivity contribution in [3.05, 3.63) is 35.9 Å². The first-order valence-electron chi connectivity index (χ1n) is 10.6. The number of carbonyl (C=O) groups excluding carboxylic acids is 1. The van der Waals surface area contributed by atoms with Gasteiger partial charge in [0, 0.05) is 44.7 Å². The van der Waals surface area contributed by atoms with Gasteiger partial charge in [-0.1, -0.05) is 37.3 Å². The van der Waals surface area contributed by atoms with Crippen LogP contribution in [0.4, 0.5) is 4.79 Å². The lowest BCUT2D eigenvalue weighted by Gasteiger charge is -2.26. The fourth-order valence-electron chi connectivity index (χ4n) is 5.24. The van der Waals surface area contributed by atoms with Crippen LogP contribution in [0.15, 0.2) is 30.3 Å². The Morgan fingerprint density at radius 1 is 1.19 bits per heavy atom. The Morgan fingerprint density at radius 2 is 1.96 bits per heavy atom. The van der Waals surface area contributed by atoms with E-state index in [9.17, 15) is 4.79 Å². The fourth-order valence-corrected chi connectivity index (χ4v) is 5.24. The zero-order chi connectivity index (χ0) is 18.7. The Balaban J connectivity index is 1.22. The molecule has 3 saturated heterocycles. The third-order valence-corrected chi connectivity index (χ3v) is 6.87. The summed E-state index contributed by atoms with van der Waals surface area (Å²) in [5.74, 6) is 1.37.